The molecule has 1 aliphatic heterocycles. The first-order valence-corrected chi connectivity index (χ1v) is 8.63. The van der Waals surface area contributed by atoms with E-state index in [-0.39, 0.29) is 11.9 Å². The molecule has 4 N–H and O–H groups in total. The van der Waals surface area contributed by atoms with Gasteiger partial charge in [-0.1, -0.05) is 0 Å². The van der Waals surface area contributed by atoms with E-state index in [0.717, 1.165) is 30.9 Å². The Bertz CT molecular complexity index is 823. The summed E-state index contributed by atoms with van der Waals surface area (Å²) in [4.78, 5) is 15.6. The molecule has 0 spiro atoms. The van der Waals surface area contributed by atoms with E-state index < -0.39 is 0 Å². The zero-order valence-corrected chi connectivity index (χ0v) is 15.3. The van der Waals surface area contributed by atoms with Crippen molar-refractivity contribution in [1.82, 2.24) is 24.9 Å². The third-order valence-electron chi connectivity index (χ3n) is 4.69. The molecule has 2 aromatic heterocycles. The zero-order valence-electron chi connectivity index (χ0n) is 15.3. The number of hydrogen-bond acceptors (Lipinski definition) is 7. The number of aryl methyl sites for hydroxylation is 1. The molecule has 1 atom stereocenters. The van der Waals surface area contributed by atoms with Crippen molar-refractivity contribution in [2.24, 2.45) is 7.05 Å². The van der Waals surface area contributed by atoms with E-state index in [2.05, 4.69) is 20.2 Å². The summed E-state index contributed by atoms with van der Waals surface area (Å²) in [5.74, 6) is 1.08. The van der Waals surface area contributed by atoms with Crippen molar-refractivity contribution >= 4 is 23.5 Å². The van der Waals surface area contributed by atoms with Gasteiger partial charge in [0.15, 0.2) is 12.1 Å². The number of rotatable bonds is 6. The Balaban J connectivity index is 2.06. The molecule has 3 heterocycles. The van der Waals surface area contributed by atoms with Gasteiger partial charge in [-0.3, -0.25) is 14.6 Å². The SMILES string of the molecule is CCN(C)/C=C(/c1cc(N2CC[C@H](O)C2)n(C)n1)c1[nH]nc(N)c1C=O. The largest absolute Gasteiger partial charge is 0.391 e. The van der Waals surface area contributed by atoms with Crippen LogP contribution in [0, 0.1) is 0 Å². The topological polar surface area (TPSA) is 116 Å². The molecule has 0 aromatic carbocycles. The van der Waals surface area contributed by atoms with Gasteiger partial charge < -0.3 is 20.6 Å². The monoisotopic (exact) mass is 359 g/mol. The molecule has 1 saturated heterocycles. The molecule has 3 rings (SSSR count). The van der Waals surface area contributed by atoms with Gasteiger partial charge in [0, 0.05) is 51.6 Å². The number of nitrogens with two attached hydrogens (primary N) is 1. The Kier molecular flexibility index (Phi) is 4.99. The average molecular weight is 359 g/mol. The standard InChI is InChI=1S/C17H25N7O2/c1-4-22(2)9-12(16-13(10-25)17(18)20-19-16)14-7-15(23(3)21-14)24-6-5-11(26)8-24/h7,9-11,26H,4-6,8H2,1-3H3,(H3,18,19,20)/b12-9-/t11-/m0/s1. The highest BCUT2D eigenvalue weighted by Crippen LogP contribution is 2.30. The molecule has 0 amide bonds. The second-order valence-electron chi connectivity index (χ2n) is 6.53. The molecule has 9 heteroatoms. The molecule has 1 fully saturated rings. The van der Waals surface area contributed by atoms with E-state index >= 15 is 0 Å². The van der Waals surface area contributed by atoms with Gasteiger partial charge in [-0.05, 0) is 13.3 Å². The Hall–Kier alpha value is -2.81. The lowest BCUT2D eigenvalue weighted by Gasteiger charge is -2.16. The van der Waals surface area contributed by atoms with Gasteiger partial charge in [-0.15, -0.1) is 0 Å². The number of aromatic nitrogens is 4. The smallest absolute Gasteiger partial charge is 0.156 e. The van der Waals surface area contributed by atoms with Gasteiger partial charge in [0.25, 0.3) is 0 Å². The van der Waals surface area contributed by atoms with Crippen LogP contribution in [0.4, 0.5) is 11.6 Å². The number of anilines is 2. The summed E-state index contributed by atoms with van der Waals surface area (Å²) in [6.45, 7) is 4.20. The molecule has 0 unspecified atom stereocenters. The van der Waals surface area contributed by atoms with Crippen LogP contribution < -0.4 is 10.6 Å². The maximum absolute atomic E-state index is 11.5. The summed E-state index contributed by atoms with van der Waals surface area (Å²) < 4.78 is 1.79. The molecule has 140 valence electrons. The quantitative estimate of drug-likeness (QED) is 0.641. The zero-order chi connectivity index (χ0) is 18.8. The number of carbonyl (C=O) groups excluding carboxylic acids is 1. The van der Waals surface area contributed by atoms with Crippen molar-refractivity contribution in [1.29, 1.82) is 0 Å². The summed E-state index contributed by atoms with van der Waals surface area (Å²) >= 11 is 0. The van der Waals surface area contributed by atoms with Crippen LogP contribution in [-0.2, 0) is 7.05 Å². The van der Waals surface area contributed by atoms with Crippen LogP contribution in [0.3, 0.4) is 0 Å². The number of β-amino-alcohol motifs (C(OH)–C–C–N with tert-alkyl or cyclic N) is 1. The van der Waals surface area contributed by atoms with E-state index in [4.69, 9.17) is 5.73 Å². The van der Waals surface area contributed by atoms with Crippen LogP contribution in [0.15, 0.2) is 12.3 Å². The van der Waals surface area contributed by atoms with Crippen LogP contribution in [0.2, 0.25) is 0 Å². The van der Waals surface area contributed by atoms with E-state index in [9.17, 15) is 9.90 Å². The maximum Gasteiger partial charge on any atom is 0.156 e. The number of H-pyrrole nitrogens is 1. The number of carbonyl (C=O) groups is 1. The lowest BCUT2D eigenvalue weighted by atomic mass is 10.1. The molecule has 9 nitrogen and oxygen atoms in total. The number of nitrogen functional groups attached to an aromatic ring is 1. The lowest BCUT2D eigenvalue weighted by molar-refractivity contribution is 0.112. The van der Waals surface area contributed by atoms with Crippen molar-refractivity contribution in [2.75, 3.05) is 37.3 Å². The Morgan fingerprint density at radius 2 is 2.35 bits per heavy atom. The molecule has 0 saturated carbocycles. The summed E-state index contributed by atoms with van der Waals surface area (Å²) in [5.41, 5.74) is 8.12. The predicted molar refractivity (Wildman–Crippen MR) is 99.8 cm³/mol. The number of aromatic amines is 1. The van der Waals surface area contributed by atoms with E-state index in [1.54, 1.807) is 4.68 Å². The first-order valence-electron chi connectivity index (χ1n) is 8.63. The highest BCUT2D eigenvalue weighted by atomic mass is 16.3. The Labute approximate surface area is 152 Å². The Morgan fingerprint density at radius 3 is 2.96 bits per heavy atom. The van der Waals surface area contributed by atoms with Crippen LogP contribution in [0.1, 0.15) is 35.1 Å². The first-order chi connectivity index (χ1) is 12.4. The van der Waals surface area contributed by atoms with Gasteiger partial charge in [-0.25, -0.2) is 0 Å². The number of aldehydes is 1. The second-order valence-corrected chi connectivity index (χ2v) is 6.53. The van der Waals surface area contributed by atoms with Crippen molar-refractivity contribution in [3.63, 3.8) is 0 Å². The summed E-state index contributed by atoms with van der Waals surface area (Å²) in [5, 5.41) is 21.3. The van der Waals surface area contributed by atoms with Gasteiger partial charge >= 0.3 is 0 Å². The minimum atomic E-state index is -0.316. The van der Waals surface area contributed by atoms with Crippen LogP contribution >= 0.6 is 0 Å². The van der Waals surface area contributed by atoms with Crippen LogP contribution in [0.5, 0.6) is 0 Å². The predicted octanol–water partition coefficient (Wildman–Crippen LogP) is 0.450. The van der Waals surface area contributed by atoms with E-state index in [1.807, 2.05) is 38.2 Å². The molecule has 0 radical (unpaired) electrons. The van der Waals surface area contributed by atoms with E-state index in [0.29, 0.717) is 29.8 Å². The number of aliphatic hydroxyl groups is 1. The normalized spacial score (nSPS) is 17.8. The minimum Gasteiger partial charge on any atom is -0.391 e. The van der Waals surface area contributed by atoms with Gasteiger partial charge in [0.1, 0.15) is 5.82 Å². The number of hydrogen-bond donors (Lipinski definition) is 3. The minimum absolute atomic E-state index is 0.166. The maximum atomic E-state index is 11.5. The highest BCUT2D eigenvalue weighted by molar-refractivity contribution is 5.92. The first kappa shape index (κ1) is 18.0. The van der Waals surface area contributed by atoms with Gasteiger partial charge in [0.2, 0.25) is 0 Å². The molecule has 0 bridgehead atoms. The summed E-state index contributed by atoms with van der Waals surface area (Å²) in [6.07, 6.45) is 3.05. The fourth-order valence-electron chi connectivity index (χ4n) is 3.09. The lowest BCUT2D eigenvalue weighted by Crippen LogP contribution is -2.23. The van der Waals surface area contributed by atoms with E-state index in [1.165, 1.54) is 0 Å². The molecular weight excluding hydrogens is 334 g/mol. The number of nitrogens with one attached hydrogen (secondary N) is 1. The Morgan fingerprint density at radius 1 is 1.58 bits per heavy atom. The fraction of sp³-hybridized carbons (Fsp3) is 0.471. The average Bonchev–Trinajstić information content (AvgIpc) is 3.31. The molecule has 1 aliphatic rings. The molecule has 2 aromatic rings. The van der Waals surface area contributed by atoms with Crippen molar-refractivity contribution in [2.45, 2.75) is 19.4 Å². The van der Waals surface area contributed by atoms with Gasteiger partial charge in [-0.2, -0.15) is 10.2 Å². The molecule has 0 aliphatic carbocycles. The van der Waals surface area contributed by atoms with Crippen molar-refractivity contribution in [3.8, 4) is 0 Å². The number of nitrogens with zero attached hydrogens (tertiary/aromatic N) is 5. The molecule has 26 heavy (non-hydrogen) atoms. The third-order valence-corrected chi connectivity index (χ3v) is 4.69. The summed E-state index contributed by atoms with van der Waals surface area (Å²) in [6, 6.07) is 1.96. The van der Waals surface area contributed by atoms with Gasteiger partial charge in [0.05, 0.1) is 23.1 Å². The molecular formula is C17H25N7O2. The second kappa shape index (κ2) is 7.20. The van der Waals surface area contributed by atoms with Crippen LogP contribution in [-0.4, -0.2) is 69.1 Å². The van der Waals surface area contributed by atoms with Crippen molar-refractivity contribution in [3.05, 3.63) is 29.2 Å². The third kappa shape index (κ3) is 3.30. The number of aliphatic hydroxyl groups excluding tert-OH is 1. The van der Waals surface area contributed by atoms with Crippen molar-refractivity contribution < 1.29 is 9.90 Å². The van der Waals surface area contributed by atoms with Crippen LogP contribution in [0.25, 0.3) is 5.57 Å². The highest BCUT2D eigenvalue weighted by Gasteiger charge is 2.25. The fourth-order valence-corrected chi connectivity index (χ4v) is 3.09. The summed E-state index contributed by atoms with van der Waals surface area (Å²) in [7, 11) is 3.81.